The van der Waals surface area contributed by atoms with Crippen molar-refractivity contribution in [1.82, 2.24) is 4.98 Å². The summed E-state index contributed by atoms with van der Waals surface area (Å²) in [6.07, 6.45) is 6.12. The Morgan fingerprint density at radius 2 is 1.96 bits per heavy atom. The van der Waals surface area contributed by atoms with Crippen LogP contribution in [-0.2, 0) is 14.8 Å². The lowest BCUT2D eigenvalue weighted by Gasteiger charge is -2.20. The standard InChI is InChI=1S/C17H19N3O3S2/c21-16(15-10-11-1-2-12(15)9-11)19-13-3-5-14(6-4-13)25(22,23)20-17-18-7-8-24-17/h3-8,11-12,15H,1-2,9-10H2,(H,18,20)(H,19,21). The van der Waals surface area contributed by atoms with Gasteiger partial charge in [0.2, 0.25) is 5.91 Å². The molecule has 25 heavy (non-hydrogen) atoms. The number of nitrogens with zero attached hydrogens (tertiary/aromatic N) is 1. The van der Waals surface area contributed by atoms with Gasteiger partial charge < -0.3 is 5.32 Å². The third kappa shape index (κ3) is 3.41. The third-order valence-electron chi connectivity index (χ3n) is 5.16. The van der Waals surface area contributed by atoms with E-state index in [4.69, 9.17) is 0 Å². The van der Waals surface area contributed by atoms with Crippen molar-refractivity contribution in [1.29, 1.82) is 0 Å². The second kappa shape index (κ2) is 6.42. The van der Waals surface area contributed by atoms with Crippen LogP contribution in [0.3, 0.4) is 0 Å². The molecule has 2 aliphatic carbocycles. The van der Waals surface area contributed by atoms with E-state index in [9.17, 15) is 13.2 Å². The summed E-state index contributed by atoms with van der Waals surface area (Å²) in [4.78, 5) is 16.5. The lowest BCUT2D eigenvalue weighted by atomic mass is 9.88. The minimum Gasteiger partial charge on any atom is -0.326 e. The van der Waals surface area contributed by atoms with E-state index in [2.05, 4.69) is 15.0 Å². The van der Waals surface area contributed by atoms with Gasteiger partial charge in [-0.05, 0) is 55.4 Å². The molecular formula is C17H19N3O3S2. The van der Waals surface area contributed by atoms with Crippen molar-refractivity contribution in [3.8, 4) is 0 Å². The van der Waals surface area contributed by atoms with Crippen molar-refractivity contribution in [2.45, 2.75) is 30.6 Å². The van der Waals surface area contributed by atoms with Gasteiger partial charge in [0, 0.05) is 23.2 Å². The van der Waals surface area contributed by atoms with Gasteiger partial charge in [-0.2, -0.15) is 0 Å². The zero-order chi connectivity index (χ0) is 17.4. The fraction of sp³-hybridized carbons (Fsp3) is 0.412. The van der Waals surface area contributed by atoms with Crippen molar-refractivity contribution < 1.29 is 13.2 Å². The van der Waals surface area contributed by atoms with E-state index in [0.717, 1.165) is 12.8 Å². The Morgan fingerprint density at radius 3 is 2.56 bits per heavy atom. The number of hydrogen-bond donors (Lipinski definition) is 2. The molecule has 2 aromatic rings. The molecule has 2 N–H and O–H groups in total. The highest BCUT2D eigenvalue weighted by Gasteiger charge is 2.43. The topological polar surface area (TPSA) is 88.2 Å². The molecule has 2 fully saturated rings. The van der Waals surface area contributed by atoms with Crippen LogP contribution in [0, 0.1) is 17.8 Å². The summed E-state index contributed by atoms with van der Waals surface area (Å²) >= 11 is 1.22. The lowest BCUT2D eigenvalue weighted by molar-refractivity contribution is -0.121. The molecule has 2 aliphatic rings. The fourth-order valence-corrected chi connectivity index (χ4v) is 5.75. The van der Waals surface area contributed by atoms with E-state index in [-0.39, 0.29) is 16.7 Å². The Bertz CT molecular complexity index is 863. The van der Waals surface area contributed by atoms with Crippen LogP contribution in [0.25, 0.3) is 0 Å². The summed E-state index contributed by atoms with van der Waals surface area (Å²) in [6.45, 7) is 0. The smallest absolute Gasteiger partial charge is 0.263 e. The number of fused-ring (bicyclic) bond motifs is 2. The Labute approximate surface area is 150 Å². The number of carbonyl (C=O) groups excluding carboxylic acids is 1. The minimum absolute atomic E-state index is 0.0590. The van der Waals surface area contributed by atoms with Crippen LogP contribution in [-0.4, -0.2) is 19.3 Å². The van der Waals surface area contributed by atoms with Gasteiger partial charge in [0.1, 0.15) is 0 Å². The average Bonchev–Trinajstić information content (AvgIpc) is 3.32. The first-order valence-electron chi connectivity index (χ1n) is 8.34. The van der Waals surface area contributed by atoms with Gasteiger partial charge in [0.05, 0.1) is 4.90 Å². The number of sulfonamides is 1. The molecule has 3 unspecified atom stereocenters. The van der Waals surface area contributed by atoms with Crippen molar-refractivity contribution in [3.63, 3.8) is 0 Å². The lowest BCUT2D eigenvalue weighted by Crippen LogP contribution is -2.27. The third-order valence-corrected chi connectivity index (χ3v) is 7.33. The van der Waals surface area contributed by atoms with Crippen LogP contribution in [0.2, 0.25) is 0 Å². The minimum atomic E-state index is -3.67. The van der Waals surface area contributed by atoms with E-state index in [1.807, 2.05) is 0 Å². The summed E-state index contributed by atoms with van der Waals surface area (Å²) in [5.41, 5.74) is 0.626. The van der Waals surface area contributed by atoms with Gasteiger partial charge in [-0.25, -0.2) is 13.4 Å². The van der Waals surface area contributed by atoms with Gasteiger partial charge in [-0.3, -0.25) is 9.52 Å². The Morgan fingerprint density at radius 1 is 1.16 bits per heavy atom. The fourth-order valence-electron chi connectivity index (χ4n) is 3.97. The molecule has 1 aromatic carbocycles. The van der Waals surface area contributed by atoms with E-state index >= 15 is 0 Å². The molecule has 1 heterocycles. The maximum absolute atomic E-state index is 12.4. The van der Waals surface area contributed by atoms with E-state index in [1.54, 1.807) is 17.5 Å². The number of carbonyl (C=O) groups is 1. The van der Waals surface area contributed by atoms with Gasteiger partial charge in [0.25, 0.3) is 10.0 Å². The number of rotatable bonds is 5. The first-order chi connectivity index (χ1) is 12.0. The second-order valence-corrected chi connectivity index (χ2v) is 9.31. The summed E-state index contributed by atoms with van der Waals surface area (Å²) in [5, 5.41) is 4.96. The first kappa shape index (κ1) is 16.5. The summed E-state index contributed by atoms with van der Waals surface area (Å²) in [5.74, 6) is 1.40. The highest BCUT2D eigenvalue weighted by Crippen LogP contribution is 2.48. The summed E-state index contributed by atoms with van der Waals surface area (Å²) in [7, 11) is -3.67. The highest BCUT2D eigenvalue weighted by atomic mass is 32.2. The van der Waals surface area contributed by atoms with Gasteiger partial charge in [-0.15, -0.1) is 11.3 Å². The molecule has 1 amide bonds. The largest absolute Gasteiger partial charge is 0.326 e. The molecule has 0 spiro atoms. The number of hydrogen-bond acceptors (Lipinski definition) is 5. The molecule has 8 heteroatoms. The predicted octanol–water partition coefficient (Wildman–Crippen LogP) is 3.32. The number of amides is 1. The quantitative estimate of drug-likeness (QED) is 0.837. The average molecular weight is 377 g/mol. The van der Waals surface area contributed by atoms with Gasteiger partial charge in [-0.1, -0.05) is 6.42 Å². The number of thiazole rings is 1. The molecule has 2 saturated carbocycles. The van der Waals surface area contributed by atoms with Crippen LogP contribution in [0.1, 0.15) is 25.7 Å². The Hall–Kier alpha value is -1.93. The van der Waals surface area contributed by atoms with Crippen molar-refractivity contribution in [3.05, 3.63) is 35.8 Å². The van der Waals surface area contributed by atoms with Crippen molar-refractivity contribution in [2.75, 3.05) is 10.0 Å². The zero-order valence-corrected chi connectivity index (χ0v) is 15.1. The van der Waals surface area contributed by atoms with Crippen LogP contribution < -0.4 is 10.0 Å². The first-order valence-corrected chi connectivity index (χ1v) is 10.7. The maximum atomic E-state index is 12.4. The Kier molecular flexibility index (Phi) is 4.24. The molecule has 4 rings (SSSR count). The van der Waals surface area contributed by atoms with Crippen LogP contribution in [0.15, 0.2) is 40.7 Å². The summed E-state index contributed by atoms with van der Waals surface area (Å²) < 4.78 is 27.0. The molecule has 6 nitrogen and oxygen atoms in total. The molecule has 0 radical (unpaired) electrons. The number of benzene rings is 1. The number of aromatic nitrogens is 1. The monoisotopic (exact) mass is 377 g/mol. The summed E-state index contributed by atoms with van der Waals surface area (Å²) in [6, 6.07) is 6.24. The maximum Gasteiger partial charge on any atom is 0.263 e. The van der Waals surface area contributed by atoms with Gasteiger partial charge in [0.15, 0.2) is 5.13 Å². The molecule has 3 atom stereocenters. The molecular weight excluding hydrogens is 358 g/mol. The SMILES string of the molecule is O=C(Nc1ccc(S(=O)(=O)Nc2nccs2)cc1)C1CC2CCC1C2. The van der Waals surface area contributed by atoms with E-state index < -0.39 is 10.0 Å². The molecule has 0 aliphatic heterocycles. The molecule has 0 saturated heterocycles. The predicted molar refractivity (Wildman–Crippen MR) is 96.9 cm³/mol. The number of anilines is 2. The highest BCUT2D eigenvalue weighted by molar-refractivity contribution is 7.93. The normalized spacial score (nSPS) is 25.0. The molecule has 132 valence electrons. The van der Waals surface area contributed by atoms with E-state index in [0.29, 0.717) is 22.7 Å². The van der Waals surface area contributed by atoms with Crippen LogP contribution in [0.4, 0.5) is 10.8 Å². The zero-order valence-electron chi connectivity index (χ0n) is 13.5. The Balaban J connectivity index is 1.42. The van der Waals surface area contributed by atoms with Gasteiger partial charge >= 0.3 is 0 Å². The number of nitrogens with one attached hydrogen (secondary N) is 2. The van der Waals surface area contributed by atoms with Crippen molar-refractivity contribution in [2.24, 2.45) is 17.8 Å². The molecule has 2 bridgehead atoms. The van der Waals surface area contributed by atoms with E-state index in [1.165, 1.54) is 42.5 Å². The van der Waals surface area contributed by atoms with Crippen LogP contribution >= 0.6 is 11.3 Å². The molecule has 1 aromatic heterocycles. The van der Waals surface area contributed by atoms with Crippen LogP contribution in [0.5, 0.6) is 0 Å². The van der Waals surface area contributed by atoms with Crippen molar-refractivity contribution >= 4 is 38.1 Å². The second-order valence-electron chi connectivity index (χ2n) is 6.74.